The Morgan fingerprint density at radius 3 is 2.79 bits per heavy atom. The van der Waals surface area contributed by atoms with Gasteiger partial charge in [-0.2, -0.15) is 0 Å². The van der Waals surface area contributed by atoms with E-state index < -0.39 is 0 Å². The Bertz CT molecular complexity index is 522. The van der Waals surface area contributed by atoms with Gasteiger partial charge >= 0.3 is 0 Å². The van der Waals surface area contributed by atoms with Gasteiger partial charge in [-0.05, 0) is 22.9 Å². The molecule has 0 aliphatic heterocycles. The van der Waals surface area contributed by atoms with Crippen molar-refractivity contribution in [3.05, 3.63) is 33.6 Å². The third-order valence-electron chi connectivity index (χ3n) is 2.43. The summed E-state index contributed by atoms with van der Waals surface area (Å²) in [5.74, 6) is 0.461. The molecule has 0 fully saturated rings. The average Bonchev–Trinajstić information content (AvgIpc) is 2.59. The fourth-order valence-electron chi connectivity index (χ4n) is 1.63. The number of rotatable bonds is 1. The summed E-state index contributed by atoms with van der Waals surface area (Å²) in [7, 11) is 1.81. The van der Waals surface area contributed by atoms with Crippen LogP contribution >= 0.6 is 11.3 Å². The first-order valence-electron chi connectivity index (χ1n) is 4.68. The minimum atomic E-state index is 0.102. The van der Waals surface area contributed by atoms with Crippen LogP contribution in [0.3, 0.4) is 0 Å². The molecule has 0 atom stereocenters. The summed E-state index contributed by atoms with van der Waals surface area (Å²) in [6.07, 6.45) is 1.95. The van der Waals surface area contributed by atoms with E-state index >= 15 is 0 Å². The standard InChI is InChI=1S/C11H13NOS/c1-7(2)9-6-12(3)11(13)8-4-5-14-10(8)9/h4-7H,1-3H3. The molecule has 0 saturated carbocycles. The highest BCUT2D eigenvalue weighted by molar-refractivity contribution is 7.17. The zero-order valence-corrected chi connectivity index (χ0v) is 9.39. The van der Waals surface area contributed by atoms with Gasteiger partial charge in [0.25, 0.3) is 5.56 Å². The molecule has 2 aromatic heterocycles. The summed E-state index contributed by atoms with van der Waals surface area (Å²) >= 11 is 1.65. The number of hydrogen-bond acceptors (Lipinski definition) is 2. The van der Waals surface area contributed by atoms with Crippen molar-refractivity contribution in [1.82, 2.24) is 4.57 Å². The van der Waals surface area contributed by atoms with E-state index in [0.29, 0.717) is 5.92 Å². The summed E-state index contributed by atoms with van der Waals surface area (Å²) in [6, 6.07) is 1.91. The Hall–Kier alpha value is -1.09. The van der Waals surface area contributed by atoms with Crippen LogP contribution < -0.4 is 5.56 Å². The Labute approximate surface area is 86.8 Å². The molecular weight excluding hydrogens is 194 g/mol. The molecule has 0 amide bonds. The number of aryl methyl sites for hydroxylation is 1. The molecule has 2 nitrogen and oxygen atoms in total. The highest BCUT2D eigenvalue weighted by atomic mass is 32.1. The molecule has 0 aliphatic carbocycles. The van der Waals surface area contributed by atoms with Crippen molar-refractivity contribution in [3.63, 3.8) is 0 Å². The summed E-state index contributed by atoms with van der Waals surface area (Å²) in [5.41, 5.74) is 1.36. The normalized spacial score (nSPS) is 11.4. The maximum atomic E-state index is 11.7. The van der Waals surface area contributed by atoms with Gasteiger partial charge in [0.1, 0.15) is 0 Å². The van der Waals surface area contributed by atoms with Crippen LogP contribution in [-0.4, -0.2) is 4.57 Å². The molecule has 2 rings (SSSR count). The first-order chi connectivity index (χ1) is 6.61. The van der Waals surface area contributed by atoms with Crippen molar-refractivity contribution in [3.8, 4) is 0 Å². The van der Waals surface area contributed by atoms with Crippen LogP contribution in [0.15, 0.2) is 22.4 Å². The van der Waals surface area contributed by atoms with Crippen LogP contribution in [0.4, 0.5) is 0 Å². The van der Waals surface area contributed by atoms with Crippen molar-refractivity contribution in [2.24, 2.45) is 7.05 Å². The van der Waals surface area contributed by atoms with E-state index in [1.807, 2.05) is 24.7 Å². The van der Waals surface area contributed by atoms with Crippen molar-refractivity contribution in [2.75, 3.05) is 0 Å². The first-order valence-corrected chi connectivity index (χ1v) is 5.56. The van der Waals surface area contributed by atoms with Gasteiger partial charge in [-0.3, -0.25) is 4.79 Å². The van der Waals surface area contributed by atoms with Gasteiger partial charge in [-0.15, -0.1) is 11.3 Å². The zero-order chi connectivity index (χ0) is 10.3. The Morgan fingerprint density at radius 2 is 2.14 bits per heavy atom. The van der Waals surface area contributed by atoms with E-state index in [9.17, 15) is 4.79 Å². The topological polar surface area (TPSA) is 22.0 Å². The molecule has 14 heavy (non-hydrogen) atoms. The van der Waals surface area contributed by atoms with E-state index in [1.54, 1.807) is 15.9 Å². The molecule has 2 heterocycles. The monoisotopic (exact) mass is 207 g/mol. The fourth-order valence-corrected chi connectivity index (χ4v) is 2.68. The van der Waals surface area contributed by atoms with E-state index in [1.165, 1.54) is 5.56 Å². The van der Waals surface area contributed by atoms with Crippen LogP contribution in [0.5, 0.6) is 0 Å². The molecule has 0 aliphatic rings. The first kappa shape index (κ1) is 9.46. The molecule has 74 valence electrons. The number of pyridine rings is 1. The van der Waals surface area contributed by atoms with E-state index in [0.717, 1.165) is 10.1 Å². The van der Waals surface area contributed by atoms with Crippen LogP contribution in [0.1, 0.15) is 25.3 Å². The van der Waals surface area contributed by atoms with Crippen molar-refractivity contribution in [1.29, 1.82) is 0 Å². The number of fused-ring (bicyclic) bond motifs is 1. The highest BCUT2D eigenvalue weighted by Crippen LogP contribution is 2.27. The predicted octanol–water partition coefficient (Wildman–Crippen LogP) is 2.72. The van der Waals surface area contributed by atoms with E-state index in [2.05, 4.69) is 13.8 Å². The molecule has 0 saturated heterocycles. The summed E-state index contributed by atoms with van der Waals surface area (Å²) in [6.45, 7) is 4.30. The third-order valence-corrected chi connectivity index (χ3v) is 3.40. The number of hydrogen-bond donors (Lipinski definition) is 0. The maximum Gasteiger partial charge on any atom is 0.259 e. The van der Waals surface area contributed by atoms with Crippen LogP contribution in [0.2, 0.25) is 0 Å². The third kappa shape index (κ3) is 1.28. The fraction of sp³-hybridized carbons (Fsp3) is 0.364. The lowest BCUT2D eigenvalue weighted by molar-refractivity contribution is 0.811. The van der Waals surface area contributed by atoms with Gasteiger partial charge in [0.05, 0.1) is 5.39 Å². The molecule has 0 spiro atoms. The maximum absolute atomic E-state index is 11.7. The van der Waals surface area contributed by atoms with Gasteiger partial charge < -0.3 is 4.57 Å². The van der Waals surface area contributed by atoms with Crippen molar-refractivity contribution < 1.29 is 0 Å². The second-order valence-corrected chi connectivity index (χ2v) is 4.73. The van der Waals surface area contributed by atoms with E-state index in [4.69, 9.17) is 0 Å². The Morgan fingerprint density at radius 1 is 1.43 bits per heavy atom. The summed E-state index contributed by atoms with van der Waals surface area (Å²) in [5, 5.41) is 2.83. The lowest BCUT2D eigenvalue weighted by Crippen LogP contribution is -2.16. The minimum Gasteiger partial charge on any atom is -0.318 e. The smallest absolute Gasteiger partial charge is 0.259 e. The van der Waals surface area contributed by atoms with Crippen molar-refractivity contribution >= 4 is 21.4 Å². The van der Waals surface area contributed by atoms with Gasteiger partial charge in [-0.1, -0.05) is 13.8 Å². The molecule has 0 radical (unpaired) electrons. The van der Waals surface area contributed by atoms with Crippen LogP contribution in [-0.2, 0) is 7.05 Å². The molecule has 0 unspecified atom stereocenters. The zero-order valence-electron chi connectivity index (χ0n) is 8.57. The largest absolute Gasteiger partial charge is 0.318 e. The molecule has 3 heteroatoms. The highest BCUT2D eigenvalue weighted by Gasteiger charge is 2.10. The lowest BCUT2D eigenvalue weighted by atomic mass is 10.0. The van der Waals surface area contributed by atoms with Gasteiger partial charge in [0.2, 0.25) is 0 Å². The van der Waals surface area contributed by atoms with Gasteiger partial charge in [0, 0.05) is 17.9 Å². The molecule has 0 aromatic carbocycles. The van der Waals surface area contributed by atoms with Crippen molar-refractivity contribution in [2.45, 2.75) is 19.8 Å². The summed E-state index contributed by atoms with van der Waals surface area (Å²) < 4.78 is 2.81. The number of thiophene rings is 1. The number of aromatic nitrogens is 1. The summed E-state index contributed by atoms with van der Waals surface area (Å²) in [4.78, 5) is 11.7. The van der Waals surface area contributed by atoms with E-state index in [-0.39, 0.29) is 5.56 Å². The molecular formula is C11H13NOS. The second-order valence-electron chi connectivity index (χ2n) is 3.82. The average molecular weight is 207 g/mol. The second kappa shape index (κ2) is 3.24. The van der Waals surface area contributed by atoms with Crippen LogP contribution in [0.25, 0.3) is 10.1 Å². The van der Waals surface area contributed by atoms with Gasteiger partial charge in [-0.25, -0.2) is 0 Å². The molecule has 0 N–H and O–H groups in total. The number of nitrogens with zero attached hydrogens (tertiary/aromatic N) is 1. The quantitative estimate of drug-likeness (QED) is 0.704. The van der Waals surface area contributed by atoms with Gasteiger partial charge in [0.15, 0.2) is 0 Å². The Kier molecular flexibility index (Phi) is 2.19. The van der Waals surface area contributed by atoms with Crippen LogP contribution in [0, 0.1) is 0 Å². The lowest BCUT2D eigenvalue weighted by Gasteiger charge is -2.08. The molecule has 2 aromatic rings. The minimum absolute atomic E-state index is 0.102. The predicted molar refractivity (Wildman–Crippen MR) is 61.2 cm³/mol. The SMILES string of the molecule is CC(C)c1cn(C)c(=O)c2ccsc12. The molecule has 0 bridgehead atoms. The Balaban J connectivity index is 2.92.